The summed E-state index contributed by atoms with van der Waals surface area (Å²) in [5.41, 5.74) is 0. The summed E-state index contributed by atoms with van der Waals surface area (Å²) in [6.45, 7) is 6.56. The molecule has 0 spiro atoms. The maximum Gasteiger partial charge on any atom is 0.306 e. The number of ether oxygens (including phenoxy) is 2. The molecule has 0 aromatic carbocycles. The van der Waals surface area contributed by atoms with Crippen LogP contribution >= 0.6 is 0 Å². The third-order valence-electron chi connectivity index (χ3n) is 11.3. The first-order chi connectivity index (χ1) is 26.5. The Morgan fingerprint density at radius 2 is 0.685 bits per heavy atom. The van der Waals surface area contributed by atoms with E-state index in [9.17, 15) is 14.7 Å². The molecule has 322 valence electrons. The first-order valence-corrected chi connectivity index (χ1v) is 24.5. The lowest BCUT2D eigenvalue weighted by molar-refractivity contribution is -0.161. The van der Waals surface area contributed by atoms with Crippen molar-refractivity contribution < 1.29 is 24.2 Å². The fourth-order valence-electron chi connectivity index (χ4n) is 7.62. The second-order valence-electron chi connectivity index (χ2n) is 17.4. The van der Waals surface area contributed by atoms with Crippen molar-refractivity contribution in [2.75, 3.05) is 13.2 Å². The number of unbranched alkanes of at least 4 members (excludes halogenated alkanes) is 35. The van der Waals surface area contributed by atoms with E-state index >= 15 is 0 Å². The van der Waals surface area contributed by atoms with E-state index in [1.165, 1.54) is 212 Å². The molecular formula is C49H96O5. The number of aliphatic hydroxyl groups excluding tert-OH is 1. The molecule has 1 atom stereocenters. The highest BCUT2D eigenvalue weighted by Gasteiger charge is 2.16. The maximum atomic E-state index is 12.2. The van der Waals surface area contributed by atoms with Gasteiger partial charge in [0.15, 0.2) is 6.10 Å². The summed E-state index contributed by atoms with van der Waals surface area (Å²) in [7, 11) is 0. The standard InChI is InChI=1S/C49H96O5/c1-4-5-6-7-8-9-10-11-12-13-14-18-21-24-27-30-33-36-39-42-48(51)53-45-47(44-50)54-49(52)43-40-37-34-31-28-25-22-19-16-15-17-20-23-26-29-32-35-38-41-46(2)3/h46-47,50H,4-45H2,1-3H3/t47-/m0/s1. The summed E-state index contributed by atoms with van der Waals surface area (Å²) in [6.07, 6.45) is 50.4. The monoisotopic (exact) mass is 765 g/mol. The molecular weight excluding hydrogens is 669 g/mol. The fourth-order valence-corrected chi connectivity index (χ4v) is 7.62. The Morgan fingerprint density at radius 1 is 0.407 bits per heavy atom. The third kappa shape index (κ3) is 43.6. The average Bonchev–Trinajstić information content (AvgIpc) is 3.16. The van der Waals surface area contributed by atoms with Gasteiger partial charge in [0.2, 0.25) is 0 Å². The van der Waals surface area contributed by atoms with Gasteiger partial charge in [0.05, 0.1) is 6.61 Å². The van der Waals surface area contributed by atoms with Crippen LogP contribution in [0.5, 0.6) is 0 Å². The van der Waals surface area contributed by atoms with E-state index in [2.05, 4.69) is 20.8 Å². The number of rotatable bonds is 45. The summed E-state index contributed by atoms with van der Waals surface area (Å²) in [6, 6.07) is 0. The lowest BCUT2D eigenvalue weighted by Crippen LogP contribution is -2.28. The van der Waals surface area contributed by atoms with E-state index in [1.807, 2.05) is 0 Å². The quantitative estimate of drug-likeness (QED) is 0.0494. The van der Waals surface area contributed by atoms with Gasteiger partial charge < -0.3 is 14.6 Å². The van der Waals surface area contributed by atoms with Crippen molar-refractivity contribution in [1.82, 2.24) is 0 Å². The van der Waals surface area contributed by atoms with Gasteiger partial charge in [-0.1, -0.05) is 252 Å². The van der Waals surface area contributed by atoms with Crippen molar-refractivity contribution in [2.24, 2.45) is 5.92 Å². The molecule has 1 N–H and O–H groups in total. The molecule has 0 aromatic heterocycles. The Labute approximate surface area is 338 Å². The van der Waals surface area contributed by atoms with Gasteiger partial charge in [-0.05, 0) is 18.8 Å². The molecule has 54 heavy (non-hydrogen) atoms. The van der Waals surface area contributed by atoms with Crippen LogP contribution in [0.15, 0.2) is 0 Å². The highest BCUT2D eigenvalue weighted by atomic mass is 16.6. The van der Waals surface area contributed by atoms with E-state index in [0.717, 1.165) is 38.0 Å². The number of carbonyl (C=O) groups is 2. The zero-order chi connectivity index (χ0) is 39.4. The molecule has 0 radical (unpaired) electrons. The Hall–Kier alpha value is -1.10. The largest absolute Gasteiger partial charge is 0.462 e. The Kier molecular flexibility index (Phi) is 43.7. The summed E-state index contributed by atoms with van der Waals surface area (Å²) in [5.74, 6) is 0.295. The van der Waals surface area contributed by atoms with Gasteiger partial charge >= 0.3 is 11.9 Å². The molecule has 0 aliphatic heterocycles. The third-order valence-corrected chi connectivity index (χ3v) is 11.3. The van der Waals surface area contributed by atoms with Gasteiger partial charge in [-0.3, -0.25) is 9.59 Å². The van der Waals surface area contributed by atoms with Gasteiger partial charge in [-0.25, -0.2) is 0 Å². The first-order valence-electron chi connectivity index (χ1n) is 24.5. The number of hydrogen-bond acceptors (Lipinski definition) is 5. The topological polar surface area (TPSA) is 72.8 Å². The Balaban J connectivity index is 3.44. The zero-order valence-electron chi connectivity index (χ0n) is 36.9. The molecule has 0 bridgehead atoms. The van der Waals surface area contributed by atoms with Crippen LogP contribution < -0.4 is 0 Å². The second kappa shape index (κ2) is 44.6. The summed E-state index contributed by atoms with van der Waals surface area (Å²) < 4.78 is 10.7. The smallest absolute Gasteiger partial charge is 0.306 e. The van der Waals surface area contributed by atoms with Crippen LogP contribution in [-0.2, 0) is 19.1 Å². The minimum atomic E-state index is -0.763. The van der Waals surface area contributed by atoms with Crippen molar-refractivity contribution in [3.05, 3.63) is 0 Å². The predicted molar refractivity (Wildman–Crippen MR) is 233 cm³/mol. The zero-order valence-corrected chi connectivity index (χ0v) is 36.9. The first kappa shape index (κ1) is 52.9. The molecule has 0 fully saturated rings. The van der Waals surface area contributed by atoms with Crippen molar-refractivity contribution >= 4 is 11.9 Å². The van der Waals surface area contributed by atoms with Crippen LogP contribution in [-0.4, -0.2) is 36.4 Å². The number of aliphatic hydroxyl groups is 1. The maximum absolute atomic E-state index is 12.2. The van der Waals surface area contributed by atoms with Crippen LogP contribution in [0, 0.1) is 5.92 Å². The van der Waals surface area contributed by atoms with Crippen LogP contribution in [0.1, 0.15) is 278 Å². The number of carbonyl (C=O) groups excluding carboxylic acids is 2. The highest BCUT2D eigenvalue weighted by molar-refractivity contribution is 5.70. The molecule has 0 heterocycles. The van der Waals surface area contributed by atoms with Gasteiger partial charge in [-0.2, -0.15) is 0 Å². The average molecular weight is 765 g/mol. The van der Waals surface area contributed by atoms with E-state index in [1.54, 1.807) is 0 Å². The molecule has 5 heteroatoms. The molecule has 0 saturated carbocycles. The van der Waals surface area contributed by atoms with E-state index < -0.39 is 6.10 Å². The van der Waals surface area contributed by atoms with Gasteiger partial charge in [0.25, 0.3) is 0 Å². The normalized spacial score (nSPS) is 12.1. The van der Waals surface area contributed by atoms with Crippen LogP contribution in [0.3, 0.4) is 0 Å². The van der Waals surface area contributed by atoms with Crippen LogP contribution in [0.25, 0.3) is 0 Å². The Bertz CT molecular complexity index is 752. The van der Waals surface area contributed by atoms with Crippen LogP contribution in [0.2, 0.25) is 0 Å². The van der Waals surface area contributed by atoms with Crippen molar-refractivity contribution in [1.29, 1.82) is 0 Å². The fraction of sp³-hybridized carbons (Fsp3) is 0.959. The molecule has 0 saturated heterocycles. The summed E-state index contributed by atoms with van der Waals surface area (Å²) in [4.78, 5) is 24.4. The summed E-state index contributed by atoms with van der Waals surface area (Å²) >= 11 is 0. The highest BCUT2D eigenvalue weighted by Crippen LogP contribution is 2.17. The number of esters is 2. The summed E-state index contributed by atoms with van der Waals surface area (Å²) in [5, 5.41) is 9.61. The van der Waals surface area contributed by atoms with E-state index in [-0.39, 0.29) is 25.2 Å². The Morgan fingerprint density at radius 3 is 0.981 bits per heavy atom. The minimum absolute atomic E-state index is 0.0566. The molecule has 0 aromatic rings. The van der Waals surface area contributed by atoms with Crippen molar-refractivity contribution in [3.8, 4) is 0 Å². The van der Waals surface area contributed by atoms with Crippen molar-refractivity contribution in [2.45, 2.75) is 284 Å². The van der Waals surface area contributed by atoms with Gasteiger partial charge in [0, 0.05) is 12.8 Å². The molecule has 0 aliphatic carbocycles. The van der Waals surface area contributed by atoms with E-state index in [0.29, 0.717) is 12.8 Å². The molecule has 0 unspecified atom stereocenters. The number of hydrogen-bond donors (Lipinski definition) is 1. The van der Waals surface area contributed by atoms with Crippen LogP contribution in [0.4, 0.5) is 0 Å². The molecule has 0 aliphatic rings. The molecule has 0 amide bonds. The van der Waals surface area contributed by atoms with Gasteiger partial charge in [-0.15, -0.1) is 0 Å². The van der Waals surface area contributed by atoms with E-state index in [4.69, 9.17) is 9.47 Å². The molecule has 5 nitrogen and oxygen atoms in total. The molecule has 0 rings (SSSR count). The van der Waals surface area contributed by atoms with Gasteiger partial charge in [0.1, 0.15) is 6.61 Å². The second-order valence-corrected chi connectivity index (χ2v) is 17.4. The SMILES string of the molecule is CCCCCCCCCCCCCCCCCCCCCC(=O)OC[C@H](CO)OC(=O)CCCCCCCCCCCCCCCCCCCCC(C)C. The van der Waals surface area contributed by atoms with Crippen molar-refractivity contribution in [3.63, 3.8) is 0 Å². The lowest BCUT2D eigenvalue weighted by atomic mass is 10.0. The lowest BCUT2D eigenvalue weighted by Gasteiger charge is -2.15. The minimum Gasteiger partial charge on any atom is -0.462 e. The predicted octanol–water partition coefficient (Wildman–Crippen LogP) is 15.7.